The lowest BCUT2D eigenvalue weighted by molar-refractivity contribution is 0.0498. The van der Waals surface area contributed by atoms with Gasteiger partial charge in [-0.2, -0.15) is 0 Å². The molecule has 23 heavy (non-hydrogen) atoms. The largest absolute Gasteiger partial charge is 0.487 e. The number of aromatic nitrogens is 1. The summed E-state index contributed by atoms with van der Waals surface area (Å²) in [6, 6.07) is 13.2. The summed E-state index contributed by atoms with van der Waals surface area (Å²) < 4.78 is 5.91. The second-order valence-electron chi connectivity index (χ2n) is 6.88. The van der Waals surface area contributed by atoms with Crippen molar-refractivity contribution < 1.29 is 4.74 Å². The van der Waals surface area contributed by atoms with Crippen LogP contribution in [-0.4, -0.2) is 29.0 Å². The fraction of sp³-hybridized carbons (Fsp3) is 0.450. The second-order valence-corrected chi connectivity index (χ2v) is 6.88. The van der Waals surface area contributed by atoms with Crippen molar-refractivity contribution in [3.63, 3.8) is 0 Å². The quantitative estimate of drug-likeness (QED) is 0.842. The van der Waals surface area contributed by atoms with Gasteiger partial charge in [0.15, 0.2) is 0 Å². The fourth-order valence-electron chi connectivity index (χ4n) is 3.97. The van der Waals surface area contributed by atoms with Gasteiger partial charge in [0.05, 0.1) is 6.20 Å². The molecule has 0 radical (unpaired) electrons. The minimum Gasteiger partial charge on any atom is -0.487 e. The average molecular weight is 308 g/mol. The zero-order valence-electron chi connectivity index (χ0n) is 13.5. The third-order valence-corrected chi connectivity index (χ3v) is 5.26. The standard InChI is InChI=1S/C20H24N2O/c1-2-4-17(5-3-1)15-23-20-12-18(13-21-14-20)11-19-10-16-6-8-22(19)9-7-16/h1-5,12-14,16,19H,6-11,15H2. The molecule has 1 aromatic heterocycles. The van der Waals surface area contributed by atoms with Crippen LogP contribution in [0.5, 0.6) is 5.75 Å². The van der Waals surface area contributed by atoms with E-state index in [0.717, 1.165) is 18.1 Å². The molecular formula is C20H24N2O. The lowest BCUT2D eigenvalue weighted by Crippen LogP contribution is -2.49. The van der Waals surface area contributed by atoms with Gasteiger partial charge < -0.3 is 9.64 Å². The zero-order valence-corrected chi connectivity index (χ0v) is 13.5. The predicted molar refractivity (Wildman–Crippen MR) is 91.4 cm³/mol. The third kappa shape index (κ3) is 3.56. The van der Waals surface area contributed by atoms with Crippen molar-refractivity contribution in [3.8, 4) is 5.75 Å². The second kappa shape index (κ2) is 6.71. The lowest BCUT2D eigenvalue weighted by atomic mass is 9.81. The molecule has 3 saturated heterocycles. The van der Waals surface area contributed by atoms with Gasteiger partial charge in [0, 0.05) is 12.2 Å². The first-order valence-corrected chi connectivity index (χ1v) is 8.71. The molecule has 0 amide bonds. The van der Waals surface area contributed by atoms with Crippen LogP contribution in [0.1, 0.15) is 30.4 Å². The van der Waals surface area contributed by atoms with Crippen LogP contribution in [0.3, 0.4) is 0 Å². The van der Waals surface area contributed by atoms with Crippen LogP contribution < -0.4 is 4.74 Å². The van der Waals surface area contributed by atoms with E-state index in [9.17, 15) is 0 Å². The summed E-state index contributed by atoms with van der Waals surface area (Å²) in [6.07, 6.45) is 9.07. The Bertz CT molecular complexity index is 635. The Kier molecular flexibility index (Phi) is 4.29. The van der Waals surface area contributed by atoms with Gasteiger partial charge >= 0.3 is 0 Å². The summed E-state index contributed by atoms with van der Waals surface area (Å²) in [5, 5.41) is 0. The molecule has 3 nitrogen and oxygen atoms in total. The van der Waals surface area contributed by atoms with Crippen LogP contribution in [0.2, 0.25) is 0 Å². The molecule has 3 heteroatoms. The number of piperidine rings is 3. The van der Waals surface area contributed by atoms with Gasteiger partial charge in [-0.3, -0.25) is 4.98 Å². The van der Waals surface area contributed by atoms with Gasteiger partial charge in [-0.1, -0.05) is 30.3 Å². The number of benzene rings is 1. The molecule has 3 fully saturated rings. The molecule has 3 aliphatic heterocycles. The van der Waals surface area contributed by atoms with Crippen molar-refractivity contribution in [1.82, 2.24) is 9.88 Å². The number of pyridine rings is 1. The van der Waals surface area contributed by atoms with Crippen molar-refractivity contribution in [1.29, 1.82) is 0 Å². The van der Waals surface area contributed by atoms with E-state index in [1.54, 1.807) is 0 Å². The number of fused-ring (bicyclic) bond motifs is 3. The molecule has 1 atom stereocenters. The number of hydrogen-bond acceptors (Lipinski definition) is 3. The maximum absolute atomic E-state index is 5.91. The van der Waals surface area contributed by atoms with Gasteiger partial charge in [-0.25, -0.2) is 0 Å². The predicted octanol–water partition coefficient (Wildman–Crippen LogP) is 3.69. The first-order valence-electron chi connectivity index (χ1n) is 8.71. The van der Waals surface area contributed by atoms with Gasteiger partial charge in [-0.05, 0) is 61.9 Å². The molecule has 2 aromatic rings. The van der Waals surface area contributed by atoms with Crippen LogP contribution in [0.25, 0.3) is 0 Å². The Labute approximate surface area is 138 Å². The summed E-state index contributed by atoms with van der Waals surface area (Å²) in [7, 11) is 0. The maximum Gasteiger partial charge on any atom is 0.138 e. The van der Waals surface area contributed by atoms with E-state index in [0.29, 0.717) is 12.6 Å². The van der Waals surface area contributed by atoms with Crippen molar-refractivity contribution in [3.05, 3.63) is 59.9 Å². The highest BCUT2D eigenvalue weighted by molar-refractivity contribution is 5.25. The van der Waals surface area contributed by atoms with E-state index >= 15 is 0 Å². The van der Waals surface area contributed by atoms with Gasteiger partial charge in [0.2, 0.25) is 0 Å². The molecule has 0 spiro atoms. The SMILES string of the molecule is c1ccc(COc2cncc(CC3CC4CCN3CC4)c2)cc1. The number of nitrogens with zero attached hydrogens (tertiary/aromatic N) is 2. The Morgan fingerprint density at radius 1 is 1.04 bits per heavy atom. The van der Waals surface area contributed by atoms with Crippen molar-refractivity contribution in [2.24, 2.45) is 5.92 Å². The highest BCUT2D eigenvalue weighted by atomic mass is 16.5. The van der Waals surface area contributed by atoms with Crippen molar-refractivity contribution >= 4 is 0 Å². The molecule has 4 heterocycles. The summed E-state index contributed by atoms with van der Waals surface area (Å²) in [4.78, 5) is 7.05. The normalized spacial score (nSPS) is 26.2. The monoisotopic (exact) mass is 308 g/mol. The molecule has 2 bridgehead atoms. The van der Waals surface area contributed by atoms with Gasteiger partial charge in [0.1, 0.15) is 12.4 Å². The summed E-state index contributed by atoms with van der Waals surface area (Å²) >= 11 is 0. The minimum atomic E-state index is 0.601. The number of rotatable bonds is 5. The molecule has 5 rings (SSSR count). The van der Waals surface area contributed by atoms with Crippen molar-refractivity contribution in [2.45, 2.75) is 38.3 Å². The highest BCUT2D eigenvalue weighted by Crippen LogP contribution is 2.33. The Hall–Kier alpha value is -1.87. The molecule has 0 saturated carbocycles. The fourth-order valence-corrected chi connectivity index (χ4v) is 3.97. The number of ether oxygens (including phenoxy) is 1. The number of hydrogen-bond donors (Lipinski definition) is 0. The van der Waals surface area contributed by atoms with Crippen LogP contribution >= 0.6 is 0 Å². The van der Waals surface area contributed by atoms with Crippen molar-refractivity contribution in [2.75, 3.05) is 13.1 Å². The van der Waals surface area contributed by atoms with E-state index in [-0.39, 0.29) is 0 Å². The third-order valence-electron chi connectivity index (χ3n) is 5.26. The Morgan fingerprint density at radius 3 is 2.61 bits per heavy atom. The molecule has 0 N–H and O–H groups in total. The summed E-state index contributed by atoms with van der Waals surface area (Å²) in [5.41, 5.74) is 2.49. The van der Waals surface area contributed by atoms with E-state index in [4.69, 9.17) is 4.74 Å². The average Bonchev–Trinajstić information content (AvgIpc) is 2.62. The molecular weight excluding hydrogens is 284 g/mol. The molecule has 1 aromatic carbocycles. The van der Waals surface area contributed by atoms with E-state index in [1.807, 2.05) is 30.6 Å². The molecule has 1 unspecified atom stereocenters. The van der Waals surface area contributed by atoms with Crippen LogP contribution in [0, 0.1) is 5.92 Å². The van der Waals surface area contributed by atoms with E-state index < -0.39 is 0 Å². The minimum absolute atomic E-state index is 0.601. The van der Waals surface area contributed by atoms with E-state index in [1.165, 1.54) is 43.5 Å². The zero-order chi connectivity index (χ0) is 15.5. The Balaban J connectivity index is 1.38. The summed E-state index contributed by atoms with van der Waals surface area (Å²) in [5.74, 6) is 1.83. The van der Waals surface area contributed by atoms with Gasteiger partial charge in [-0.15, -0.1) is 0 Å². The Morgan fingerprint density at radius 2 is 1.87 bits per heavy atom. The maximum atomic E-state index is 5.91. The van der Waals surface area contributed by atoms with Crippen LogP contribution in [0.15, 0.2) is 48.8 Å². The van der Waals surface area contributed by atoms with E-state index in [2.05, 4.69) is 28.1 Å². The molecule has 120 valence electrons. The molecule has 0 aliphatic carbocycles. The molecule has 3 aliphatic rings. The lowest BCUT2D eigenvalue weighted by Gasteiger charge is -2.45. The first kappa shape index (κ1) is 14.7. The summed E-state index contributed by atoms with van der Waals surface area (Å²) in [6.45, 7) is 3.17. The smallest absolute Gasteiger partial charge is 0.138 e. The first-order chi connectivity index (χ1) is 11.4. The van der Waals surface area contributed by atoms with Crippen LogP contribution in [-0.2, 0) is 13.0 Å². The van der Waals surface area contributed by atoms with Crippen LogP contribution in [0.4, 0.5) is 0 Å². The highest BCUT2D eigenvalue weighted by Gasteiger charge is 2.33. The van der Waals surface area contributed by atoms with Gasteiger partial charge in [0.25, 0.3) is 0 Å². The topological polar surface area (TPSA) is 25.4 Å².